The third kappa shape index (κ3) is 2.54. The molecule has 5 nitrogen and oxygen atoms in total. The second-order valence-corrected chi connectivity index (χ2v) is 5.09. The van der Waals surface area contributed by atoms with Gasteiger partial charge in [0.25, 0.3) is 5.91 Å². The maximum Gasteiger partial charge on any atom is 0.293 e. The Hall–Kier alpha value is -2.21. The van der Waals surface area contributed by atoms with Crippen molar-refractivity contribution in [2.24, 2.45) is 0 Å². The average Bonchev–Trinajstić information content (AvgIpc) is 2.81. The van der Waals surface area contributed by atoms with Crippen molar-refractivity contribution in [1.29, 1.82) is 0 Å². The molecule has 0 bridgehead atoms. The lowest BCUT2D eigenvalue weighted by molar-refractivity contribution is 0.0994. The van der Waals surface area contributed by atoms with Crippen molar-refractivity contribution in [3.63, 3.8) is 0 Å². The first-order valence-electron chi connectivity index (χ1n) is 6.82. The lowest BCUT2D eigenvalue weighted by Gasteiger charge is -2.19. The third-order valence-corrected chi connectivity index (χ3v) is 3.57. The van der Waals surface area contributed by atoms with Gasteiger partial charge in [0.1, 0.15) is 5.82 Å². The summed E-state index contributed by atoms with van der Waals surface area (Å²) in [6.45, 7) is 4.74. The number of oxazole rings is 1. The molecule has 1 amide bonds. The predicted molar refractivity (Wildman–Crippen MR) is 75.7 cm³/mol. The quantitative estimate of drug-likeness (QED) is 0.890. The number of benzene rings is 1. The molecule has 0 saturated carbocycles. The largest absolute Gasteiger partial charge is 0.436 e. The number of hydrogen-bond donors (Lipinski definition) is 2. The molecule has 2 N–H and O–H groups in total. The van der Waals surface area contributed by atoms with Crippen molar-refractivity contribution in [2.75, 3.05) is 11.9 Å². The van der Waals surface area contributed by atoms with Crippen LogP contribution < -0.4 is 10.6 Å². The van der Waals surface area contributed by atoms with E-state index in [1.165, 1.54) is 0 Å². The van der Waals surface area contributed by atoms with Gasteiger partial charge in [-0.1, -0.05) is 6.07 Å². The van der Waals surface area contributed by atoms with E-state index in [1.807, 2.05) is 6.07 Å². The Kier molecular flexibility index (Phi) is 3.47. The molecule has 1 aromatic carbocycles. The zero-order valence-corrected chi connectivity index (χ0v) is 11.9. The van der Waals surface area contributed by atoms with Gasteiger partial charge in [0.05, 0.1) is 11.4 Å². The fourth-order valence-electron chi connectivity index (χ4n) is 2.55. The minimum Gasteiger partial charge on any atom is -0.436 e. The molecule has 0 spiro atoms. The van der Waals surface area contributed by atoms with Crippen molar-refractivity contribution in [3.05, 3.63) is 46.4 Å². The van der Waals surface area contributed by atoms with Gasteiger partial charge in [-0.3, -0.25) is 4.79 Å². The Morgan fingerprint density at radius 1 is 1.43 bits per heavy atom. The lowest BCUT2D eigenvalue weighted by Crippen LogP contribution is -2.25. The number of nitrogens with zero attached hydrogens (tertiary/aromatic N) is 1. The van der Waals surface area contributed by atoms with Gasteiger partial charge in [-0.05, 0) is 37.1 Å². The summed E-state index contributed by atoms with van der Waals surface area (Å²) in [4.78, 5) is 16.2. The second-order valence-electron chi connectivity index (χ2n) is 5.09. The zero-order chi connectivity index (χ0) is 15.0. The molecule has 0 saturated heterocycles. The summed E-state index contributed by atoms with van der Waals surface area (Å²) in [5.74, 6) is -0.321. The number of anilines is 1. The molecule has 1 aromatic heterocycles. The molecule has 2 heterocycles. The molecule has 0 aliphatic carbocycles. The predicted octanol–water partition coefficient (Wildman–Crippen LogP) is 2.33. The Labute approximate surface area is 121 Å². The maximum atomic E-state index is 14.4. The number of amides is 1. The van der Waals surface area contributed by atoms with Crippen molar-refractivity contribution >= 4 is 11.6 Å². The number of rotatable bonds is 2. The van der Waals surface area contributed by atoms with E-state index in [9.17, 15) is 9.18 Å². The fraction of sp³-hybridized carbons (Fsp3) is 0.333. The molecule has 110 valence electrons. The van der Waals surface area contributed by atoms with E-state index in [0.29, 0.717) is 30.1 Å². The molecule has 2 aromatic rings. The van der Waals surface area contributed by atoms with E-state index in [-0.39, 0.29) is 17.3 Å². The van der Waals surface area contributed by atoms with Gasteiger partial charge < -0.3 is 15.1 Å². The summed E-state index contributed by atoms with van der Waals surface area (Å²) in [6, 6.07) is 3.41. The summed E-state index contributed by atoms with van der Waals surface area (Å²) in [6.07, 6.45) is 0.616. The number of aryl methyl sites for hydroxylation is 2. The number of carbonyl (C=O) groups excluding carboxylic acids is 1. The number of halogens is 1. The average molecular weight is 289 g/mol. The molecule has 1 aliphatic rings. The highest BCUT2D eigenvalue weighted by Crippen LogP contribution is 2.25. The smallest absolute Gasteiger partial charge is 0.293 e. The summed E-state index contributed by atoms with van der Waals surface area (Å²) in [5, 5.41) is 5.75. The van der Waals surface area contributed by atoms with Crippen LogP contribution in [0.4, 0.5) is 10.1 Å². The summed E-state index contributed by atoms with van der Waals surface area (Å²) < 4.78 is 19.7. The molecule has 0 fully saturated rings. The van der Waals surface area contributed by atoms with Crippen LogP contribution in [0.25, 0.3) is 0 Å². The Bertz CT molecular complexity index is 709. The van der Waals surface area contributed by atoms with E-state index < -0.39 is 5.91 Å². The Balaban J connectivity index is 1.88. The van der Waals surface area contributed by atoms with E-state index in [2.05, 4.69) is 15.6 Å². The van der Waals surface area contributed by atoms with Gasteiger partial charge >= 0.3 is 0 Å². The van der Waals surface area contributed by atoms with Gasteiger partial charge in [0, 0.05) is 13.5 Å². The first kappa shape index (κ1) is 13.8. The van der Waals surface area contributed by atoms with Crippen LogP contribution in [0.15, 0.2) is 16.5 Å². The second kappa shape index (κ2) is 5.29. The van der Waals surface area contributed by atoms with Gasteiger partial charge in [-0.15, -0.1) is 0 Å². The number of nitrogens with one attached hydrogen (secondary N) is 2. The third-order valence-electron chi connectivity index (χ3n) is 3.57. The normalized spacial score (nSPS) is 13.9. The van der Waals surface area contributed by atoms with Crippen molar-refractivity contribution < 1.29 is 13.6 Å². The Morgan fingerprint density at radius 3 is 2.95 bits per heavy atom. The van der Waals surface area contributed by atoms with Crippen LogP contribution in [0.3, 0.4) is 0 Å². The minimum atomic E-state index is -0.485. The summed E-state index contributed by atoms with van der Waals surface area (Å²) in [5.41, 5.74) is 2.27. The SMILES string of the molecule is Cc1nc(C)c(C(=O)Nc2ccc3c(c2F)CCNC3)o1. The zero-order valence-electron chi connectivity index (χ0n) is 11.9. The molecular weight excluding hydrogens is 273 g/mol. The van der Waals surface area contributed by atoms with Crippen molar-refractivity contribution in [2.45, 2.75) is 26.8 Å². The van der Waals surface area contributed by atoms with E-state index >= 15 is 0 Å². The van der Waals surface area contributed by atoms with Crippen molar-refractivity contribution in [1.82, 2.24) is 10.3 Å². The van der Waals surface area contributed by atoms with Crippen LogP contribution in [0.5, 0.6) is 0 Å². The molecule has 0 unspecified atom stereocenters. The van der Waals surface area contributed by atoms with E-state index in [4.69, 9.17) is 4.42 Å². The highest BCUT2D eigenvalue weighted by Gasteiger charge is 2.20. The number of fused-ring (bicyclic) bond motifs is 1. The molecule has 21 heavy (non-hydrogen) atoms. The first-order valence-corrected chi connectivity index (χ1v) is 6.82. The molecule has 6 heteroatoms. The van der Waals surface area contributed by atoms with E-state index in [1.54, 1.807) is 19.9 Å². The monoisotopic (exact) mass is 289 g/mol. The number of aromatic nitrogens is 1. The maximum absolute atomic E-state index is 14.4. The van der Waals surface area contributed by atoms with Crippen LogP contribution in [0.1, 0.15) is 33.3 Å². The topological polar surface area (TPSA) is 67.2 Å². The summed E-state index contributed by atoms with van der Waals surface area (Å²) in [7, 11) is 0. The highest BCUT2D eigenvalue weighted by atomic mass is 19.1. The Morgan fingerprint density at radius 2 is 2.24 bits per heavy atom. The minimum absolute atomic E-state index is 0.117. The van der Waals surface area contributed by atoms with Crippen LogP contribution in [0.2, 0.25) is 0 Å². The highest BCUT2D eigenvalue weighted by molar-refractivity contribution is 6.03. The summed E-state index contributed by atoms with van der Waals surface area (Å²) >= 11 is 0. The van der Waals surface area contributed by atoms with Crippen LogP contribution in [-0.2, 0) is 13.0 Å². The van der Waals surface area contributed by atoms with Crippen LogP contribution >= 0.6 is 0 Å². The fourth-order valence-corrected chi connectivity index (χ4v) is 2.55. The van der Waals surface area contributed by atoms with E-state index in [0.717, 1.165) is 12.1 Å². The van der Waals surface area contributed by atoms with Crippen LogP contribution in [0, 0.1) is 19.7 Å². The lowest BCUT2D eigenvalue weighted by atomic mass is 9.99. The molecule has 3 rings (SSSR count). The molecular formula is C15H16FN3O2. The standard InChI is InChI=1S/C15H16FN3O2/c1-8-14(21-9(2)18-8)15(20)19-12-4-3-10-7-17-6-5-11(10)13(12)16/h3-4,17H,5-7H2,1-2H3,(H,19,20). The molecule has 1 aliphatic heterocycles. The van der Waals surface area contributed by atoms with Gasteiger partial charge in [0.15, 0.2) is 5.89 Å². The van der Waals surface area contributed by atoms with Crippen LogP contribution in [-0.4, -0.2) is 17.4 Å². The van der Waals surface area contributed by atoms with Gasteiger partial charge in [-0.2, -0.15) is 0 Å². The number of carbonyl (C=O) groups is 1. The molecule has 0 radical (unpaired) electrons. The first-order chi connectivity index (χ1) is 10.1. The number of hydrogen-bond acceptors (Lipinski definition) is 4. The van der Waals surface area contributed by atoms with Crippen molar-refractivity contribution in [3.8, 4) is 0 Å². The van der Waals surface area contributed by atoms with Gasteiger partial charge in [0.2, 0.25) is 5.76 Å². The molecule has 0 atom stereocenters. The van der Waals surface area contributed by atoms with Gasteiger partial charge in [-0.25, -0.2) is 9.37 Å².